The van der Waals surface area contributed by atoms with Gasteiger partial charge in [-0.2, -0.15) is 0 Å². The maximum Gasteiger partial charge on any atom is 0.178 e. The highest BCUT2D eigenvalue weighted by atomic mass is 16.1. The van der Waals surface area contributed by atoms with Gasteiger partial charge in [-0.05, 0) is 48.6 Å². The number of nitrogens with one attached hydrogen (secondary N) is 4. The second-order valence-electron chi connectivity index (χ2n) is 10.1. The van der Waals surface area contributed by atoms with E-state index in [4.69, 9.17) is 0 Å². The predicted octanol–water partition coefficient (Wildman–Crippen LogP) is 5.54. The van der Waals surface area contributed by atoms with E-state index in [0.717, 1.165) is 67.8 Å². The molecule has 0 unspecified atom stereocenters. The molecule has 0 amide bonds. The van der Waals surface area contributed by atoms with Crippen molar-refractivity contribution >= 4 is 34.4 Å². The molecule has 0 saturated heterocycles. The van der Waals surface area contributed by atoms with Crippen molar-refractivity contribution in [2.45, 2.75) is 0 Å². The fraction of sp³-hybridized carbons (Fsp3) is 0. The van der Waals surface area contributed by atoms with Crippen LogP contribution in [0.5, 0.6) is 0 Å². The Hall–Kier alpha value is -5.88. The standard InChI is InChI=1S/C36H26N4O2/c41-29-19-15-27(16-20-29)35-37-31(23-7-3-1-4-8-23)33(39-35)25-11-13-26(14-12-25)34-32(24-9-5-2-6-10-24)38-36(40-34)28-17-21-30(42)22-18-28/h1-22,37-40H. The fourth-order valence-corrected chi connectivity index (χ4v) is 5.22. The van der Waals surface area contributed by atoms with Crippen LogP contribution in [0.3, 0.4) is 0 Å². The summed E-state index contributed by atoms with van der Waals surface area (Å²) >= 11 is 0. The predicted molar refractivity (Wildman–Crippen MR) is 166 cm³/mol. The molecule has 3 aromatic rings. The number of hydrogen-bond donors (Lipinski definition) is 4. The summed E-state index contributed by atoms with van der Waals surface area (Å²) in [6.45, 7) is 0. The number of rotatable bonds is 4. The van der Waals surface area contributed by atoms with E-state index in [9.17, 15) is 9.59 Å². The Balaban J connectivity index is 1.26. The van der Waals surface area contributed by atoms with Crippen LogP contribution >= 0.6 is 0 Å². The largest absolute Gasteiger partial charge is 0.339 e. The van der Waals surface area contributed by atoms with E-state index in [1.54, 1.807) is 24.3 Å². The zero-order valence-corrected chi connectivity index (χ0v) is 22.5. The fourth-order valence-electron chi connectivity index (χ4n) is 5.22. The molecule has 0 fully saturated rings. The van der Waals surface area contributed by atoms with Gasteiger partial charge in [-0.15, -0.1) is 0 Å². The van der Waals surface area contributed by atoms with Crippen LogP contribution in [-0.4, -0.2) is 11.6 Å². The summed E-state index contributed by atoms with van der Waals surface area (Å²) in [5.74, 6) is 1.61. The third-order valence-corrected chi connectivity index (χ3v) is 7.37. The Morgan fingerprint density at radius 3 is 0.929 bits per heavy atom. The van der Waals surface area contributed by atoms with Crippen LogP contribution in [-0.2, 0) is 9.59 Å². The van der Waals surface area contributed by atoms with Crippen molar-refractivity contribution in [3.05, 3.63) is 179 Å². The van der Waals surface area contributed by atoms with Gasteiger partial charge in [0.2, 0.25) is 0 Å². The number of benzene rings is 3. The smallest absolute Gasteiger partial charge is 0.178 e. The summed E-state index contributed by atoms with van der Waals surface area (Å²) in [6, 6.07) is 28.8. The molecule has 42 heavy (non-hydrogen) atoms. The van der Waals surface area contributed by atoms with Crippen molar-refractivity contribution in [2.75, 3.05) is 0 Å². The highest BCUT2D eigenvalue weighted by Crippen LogP contribution is 2.33. The normalized spacial score (nSPS) is 17.6. The van der Waals surface area contributed by atoms with Gasteiger partial charge in [-0.25, -0.2) is 0 Å². The Morgan fingerprint density at radius 2 is 0.619 bits per heavy atom. The average Bonchev–Trinajstić information content (AvgIpc) is 3.69. The Kier molecular flexibility index (Phi) is 6.33. The molecule has 2 heterocycles. The Labute approximate surface area is 243 Å². The van der Waals surface area contributed by atoms with Crippen LogP contribution in [0.2, 0.25) is 0 Å². The lowest BCUT2D eigenvalue weighted by molar-refractivity contribution is -0.111. The topological polar surface area (TPSA) is 82.3 Å². The minimum absolute atomic E-state index is 0.0218. The van der Waals surface area contributed by atoms with Gasteiger partial charge in [0.1, 0.15) is 11.6 Å². The van der Waals surface area contributed by atoms with Crippen molar-refractivity contribution in [1.82, 2.24) is 21.3 Å². The molecule has 4 aliphatic rings. The third kappa shape index (κ3) is 4.82. The monoisotopic (exact) mass is 546 g/mol. The van der Waals surface area contributed by atoms with Gasteiger partial charge in [0, 0.05) is 33.4 Å². The maximum atomic E-state index is 11.7. The molecule has 0 atom stereocenters. The lowest BCUT2D eigenvalue weighted by Crippen LogP contribution is -2.16. The van der Waals surface area contributed by atoms with Crippen molar-refractivity contribution in [3.8, 4) is 0 Å². The van der Waals surface area contributed by atoms with Crippen LogP contribution < -0.4 is 21.3 Å². The molecule has 0 aromatic heterocycles. The van der Waals surface area contributed by atoms with E-state index >= 15 is 0 Å². The molecule has 4 N–H and O–H groups in total. The Bertz CT molecular complexity index is 1690. The van der Waals surface area contributed by atoms with Gasteiger partial charge in [-0.1, -0.05) is 84.9 Å². The molecular weight excluding hydrogens is 520 g/mol. The van der Waals surface area contributed by atoms with E-state index < -0.39 is 0 Å². The SMILES string of the molecule is O=C1C=CC(=C2NC(c3ccccc3)=C(c3ccc(C4=C(c5ccccc5)NC(=C5C=CC(=O)C=C5)N4)cc3)N2)C=C1. The molecule has 2 aliphatic heterocycles. The van der Waals surface area contributed by atoms with Crippen molar-refractivity contribution in [1.29, 1.82) is 0 Å². The summed E-state index contributed by atoms with van der Waals surface area (Å²) in [5.41, 5.74) is 9.79. The van der Waals surface area contributed by atoms with Gasteiger partial charge >= 0.3 is 0 Å². The zero-order chi connectivity index (χ0) is 28.5. The second-order valence-corrected chi connectivity index (χ2v) is 10.1. The average molecular weight is 547 g/mol. The molecular formula is C36H26N4O2. The van der Waals surface area contributed by atoms with Crippen LogP contribution in [0.15, 0.2) is 156 Å². The van der Waals surface area contributed by atoms with Gasteiger partial charge < -0.3 is 21.3 Å². The minimum atomic E-state index is -0.0218. The number of allylic oxidation sites excluding steroid dienone is 10. The molecule has 0 saturated carbocycles. The van der Waals surface area contributed by atoms with Crippen LogP contribution in [0, 0.1) is 0 Å². The second kappa shape index (κ2) is 10.6. The summed E-state index contributed by atoms with van der Waals surface area (Å²) in [4.78, 5) is 23.4. The van der Waals surface area contributed by atoms with Crippen molar-refractivity contribution < 1.29 is 9.59 Å². The van der Waals surface area contributed by atoms with E-state index in [1.165, 1.54) is 0 Å². The van der Waals surface area contributed by atoms with Gasteiger partial charge in [0.05, 0.1) is 22.8 Å². The van der Waals surface area contributed by atoms with Crippen LogP contribution in [0.25, 0.3) is 22.8 Å². The zero-order valence-electron chi connectivity index (χ0n) is 22.5. The summed E-state index contributed by atoms with van der Waals surface area (Å²) in [5, 5.41) is 14.2. The van der Waals surface area contributed by atoms with Gasteiger partial charge in [0.15, 0.2) is 11.6 Å². The molecule has 0 bridgehead atoms. The molecule has 6 nitrogen and oxygen atoms in total. The van der Waals surface area contributed by atoms with E-state index in [-0.39, 0.29) is 11.6 Å². The lowest BCUT2D eigenvalue weighted by Gasteiger charge is -2.11. The number of carbonyl (C=O) groups excluding carboxylic acids is 2. The number of hydrogen-bond acceptors (Lipinski definition) is 6. The minimum Gasteiger partial charge on any atom is -0.339 e. The molecule has 202 valence electrons. The first-order valence-corrected chi connectivity index (χ1v) is 13.7. The summed E-state index contributed by atoms with van der Waals surface area (Å²) in [6.07, 6.45) is 13.6. The molecule has 0 radical (unpaired) electrons. The quantitative estimate of drug-likeness (QED) is 0.344. The number of ketones is 2. The molecule has 3 aromatic carbocycles. The maximum absolute atomic E-state index is 11.7. The van der Waals surface area contributed by atoms with E-state index in [0.29, 0.717) is 0 Å². The molecule has 0 spiro atoms. The van der Waals surface area contributed by atoms with Gasteiger partial charge in [-0.3, -0.25) is 9.59 Å². The van der Waals surface area contributed by atoms with E-state index in [2.05, 4.69) is 69.8 Å². The van der Waals surface area contributed by atoms with Crippen LogP contribution in [0.1, 0.15) is 22.3 Å². The van der Waals surface area contributed by atoms with Crippen molar-refractivity contribution in [2.24, 2.45) is 0 Å². The lowest BCUT2D eigenvalue weighted by atomic mass is 10.0. The summed E-state index contributed by atoms with van der Waals surface area (Å²) < 4.78 is 0. The highest BCUT2D eigenvalue weighted by Gasteiger charge is 2.25. The van der Waals surface area contributed by atoms with Crippen molar-refractivity contribution in [3.63, 3.8) is 0 Å². The van der Waals surface area contributed by atoms with Gasteiger partial charge in [0.25, 0.3) is 0 Å². The Morgan fingerprint density at radius 1 is 0.333 bits per heavy atom. The molecule has 6 heteroatoms. The molecule has 2 aliphatic carbocycles. The number of carbonyl (C=O) groups is 2. The first-order chi connectivity index (χ1) is 20.6. The van der Waals surface area contributed by atoms with Crippen LogP contribution in [0.4, 0.5) is 0 Å². The van der Waals surface area contributed by atoms with E-state index in [1.807, 2.05) is 60.7 Å². The summed E-state index contributed by atoms with van der Waals surface area (Å²) in [7, 11) is 0. The first-order valence-electron chi connectivity index (χ1n) is 13.7. The first kappa shape index (κ1) is 25.1. The highest BCUT2D eigenvalue weighted by molar-refractivity contribution is 6.02. The third-order valence-electron chi connectivity index (χ3n) is 7.37. The molecule has 7 rings (SSSR count).